The average Bonchev–Trinajstić information content (AvgIpc) is 2.14. The van der Waals surface area contributed by atoms with E-state index < -0.39 is 17.5 Å². The van der Waals surface area contributed by atoms with Crippen molar-refractivity contribution in [3.8, 4) is 0 Å². The number of carboxylic acid groups (broad SMARTS) is 1. The summed E-state index contributed by atoms with van der Waals surface area (Å²) in [5, 5.41) is 14.4. The molecule has 0 aromatic rings. The summed E-state index contributed by atoms with van der Waals surface area (Å²) in [6.45, 7) is 5.98. The van der Waals surface area contributed by atoms with Crippen LogP contribution in [0.15, 0.2) is 0 Å². The zero-order valence-electron chi connectivity index (χ0n) is 11.9. The predicted octanol–water partition coefficient (Wildman–Crippen LogP) is 0.879. The van der Waals surface area contributed by atoms with Gasteiger partial charge in [-0.05, 0) is 34.4 Å². The lowest BCUT2D eigenvalue weighted by Gasteiger charge is -2.27. The van der Waals surface area contributed by atoms with Crippen molar-refractivity contribution in [3.63, 3.8) is 0 Å². The molecule has 6 heteroatoms. The summed E-state index contributed by atoms with van der Waals surface area (Å²) in [6, 6.07) is -0.484. The normalized spacial score (nSPS) is 15.9. The lowest BCUT2D eigenvalue weighted by Crippen LogP contribution is -2.57. The topological polar surface area (TPSA) is 81.7 Å². The first-order chi connectivity index (χ1) is 8.21. The molecule has 0 fully saturated rings. The van der Waals surface area contributed by atoms with Crippen LogP contribution in [0.25, 0.3) is 0 Å². The van der Waals surface area contributed by atoms with E-state index in [9.17, 15) is 9.59 Å². The summed E-state index contributed by atoms with van der Waals surface area (Å²) in [7, 11) is 3.82. The van der Waals surface area contributed by atoms with Crippen molar-refractivity contribution in [1.29, 1.82) is 0 Å². The second kappa shape index (κ2) is 7.20. The monoisotopic (exact) mass is 259 g/mol. The molecule has 3 N–H and O–H groups in total. The molecular formula is C12H25N3O3. The second-order valence-corrected chi connectivity index (χ2v) is 5.15. The molecule has 0 bridgehead atoms. The van der Waals surface area contributed by atoms with Crippen LogP contribution in [0.2, 0.25) is 0 Å². The van der Waals surface area contributed by atoms with Crippen LogP contribution >= 0.6 is 0 Å². The van der Waals surface area contributed by atoms with Crippen molar-refractivity contribution in [2.45, 2.75) is 45.2 Å². The van der Waals surface area contributed by atoms with Crippen LogP contribution in [0.5, 0.6) is 0 Å². The molecule has 2 amide bonds. The van der Waals surface area contributed by atoms with Gasteiger partial charge in [0.05, 0.1) is 0 Å². The van der Waals surface area contributed by atoms with Crippen LogP contribution in [0.3, 0.4) is 0 Å². The third-order valence-corrected chi connectivity index (χ3v) is 2.63. The summed E-state index contributed by atoms with van der Waals surface area (Å²) in [5.74, 6) is -1.01. The largest absolute Gasteiger partial charge is 0.480 e. The predicted molar refractivity (Wildman–Crippen MR) is 70.6 cm³/mol. The number of nitrogens with one attached hydrogen (secondary N) is 2. The van der Waals surface area contributed by atoms with Crippen LogP contribution in [-0.4, -0.2) is 54.2 Å². The molecule has 0 aromatic heterocycles. The molecule has 0 aliphatic rings. The minimum atomic E-state index is -1.21. The Kier molecular flexibility index (Phi) is 6.68. The van der Waals surface area contributed by atoms with Crippen molar-refractivity contribution in [1.82, 2.24) is 15.5 Å². The molecule has 0 radical (unpaired) electrons. The first-order valence-electron chi connectivity index (χ1n) is 6.18. The van der Waals surface area contributed by atoms with E-state index in [2.05, 4.69) is 10.6 Å². The van der Waals surface area contributed by atoms with E-state index in [1.54, 1.807) is 0 Å². The second-order valence-electron chi connectivity index (χ2n) is 5.15. The van der Waals surface area contributed by atoms with Crippen molar-refractivity contribution in [3.05, 3.63) is 0 Å². The molecule has 0 aliphatic heterocycles. The Morgan fingerprint density at radius 3 is 2.33 bits per heavy atom. The fourth-order valence-corrected chi connectivity index (χ4v) is 1.83. The summed E-state index contributed by atoms with van der Waals surface area (Å²) in [5.41, 5.74) is -1.21. The number of rotatable bonds is 7. The van der Waals surface area contributed by atoms with E-state index >= 15 is 0 Å². The molecule has 2 atom stereocenters. The van der Waals surface area contributed by atoms with Crippen molar-refractivity contribution < 1.29 is 14.7 Å². The number of hydrogen-bond donors (Lipinski definition) is 3. The maximum atomic E-state index is 11.7. The third kappa shape index (κ3) is 5.86. The van der Waals surface area contributed by atoms with Gasteiger partial charge in [0, 0.05) is 12.6 Å². The zero-order chi connectivity index (χ0) is 14.3. The number of urea groups is 1. The molecule has 0 aliphatic carbocycles. The van der Waals surface area contributed by atoms with E-state index in [0.29, 0.717) is 19.4 Å². The number of aliphatic carboxylic acids is 1. The van der Waals surface area contributed by atoms with Gasteiger partial charge < -0.3 is 20.6 Å². The summed E-state index contributed by atoms with van der Waals surface area (Å²) in [6.07, 6.45) is 1.09. The molecule has 0 heterocycles. The van der Waals surface area contributed by atoms with Gasteiger partial charge in [-0.2, -0.15) is 0 Å². The average molecular weight is 259 g/mol. The van der Waals surface area contributed by atoms with E-state index in [-0.39, 0.29) is 6.04 Å². The van der Waals surface area contributed by atoms with Gasteiger partial charge >= 0.3 is 12.0 Å². The number of carbonyl (C=O) groups excluding carboxylic acids is 1. The highest BCUT2D eigenvalue weighted by Gasteiger charge is 2.33. The minimum Gasteiger partial charge on any atom is -0.480 e. The highest BCUT2D eigenvalue weighted by atomic mass is 16.4. The summed E-state index contributed by atoms with van der Waals surface area (Å²) in [4.78, 5) is 24.8. The molecular weight excluding hydrogens is 234 g/mol. The molecule has 0 saturated heterocycles. The van der Waals surface area contributed by atoms with Gasteiger partial charge in [0.25, 0.3) is 0 Å². The fourth-order valence-electron chi connectivity index (χ4n) is 1.83. The van der Waals surface area contributed by atoms with E-state index in [1.165, 1.54) is 6.92 Å². The highest BCUT2D eigenvalue weighted by molar-refractivity contribution is 5.85. The molecule has 18 heavy (non-hydrogen) atoms. The van der Waals surface area contributed by atoms with Crippen molar-refractivity contribution >= 4 is 12.0 Å². The van der Waals surface area contributed by atoms with Crippen LogP contribution in [0.1, 0.15) is 33.6 Å². The van der Waals surface area contributed by atoms with Crippen molar-refractivity contribution in [2.75, 3.05) is 20.6 Å². The third-order valence-electron chi connectivity index (χ3n) is 2.63. The maximum Gasteiger partial charge on any atom is 0.329 e. The van der Waals surface area contributed by atoms with E-state index in [1.807, 2.05) is 32.8 Å². The summed E-state index contributed by atoms with van der Waals surface area (Å²) < 4.78 is 0. The number of likely N-dealkylation sites (N-methyl/N-ethyl adjacent to an activating group) is 1. The molecule has 0 saturated carbocycles. The van der Waals surface area contributed by atoms with Crippen LogP contribution in [0.4, 0.5) is 4.79 Å². The number of amides is 2. The van der Waals surface area contributed by atoms with E-state index in [4.69, 9.17) is 5.11 Å². The Morgan fingerprint density at radius 2 is 1.94 bits per heavy atom. The standard InChI is InChI=1S/C12H25N3O3/c1-6-7-12(3,10(16)17)14-11(18)13-9(2)8-15(4)5/h9H,6-8H2,1-5H3,(H,16,17)(H2,13,14,18). The van der Waals surface area contributed by atoms with Gasteiger partial charge in [0.1, 0.15) is 5.54 Å². The molecule has 6 nitrogen and oxygen atoms in total. The maximum absolute atomic E-state index is 11.7. The van der Waals surface area contributed by atoms with Gasteiger partial charge in [-0.15, -0.1) is 0 Å². The lowest BCUT2D eigenvalue weighted by atomic mass is 9.97. The lowest BCUT2D eigenvalue weighted by molar-refractivity contribution is -0.144. The smallest absolute Gasteiger partial charge is 0.329 e. The molecule has 0 spiro atoms. The van der Waals surface area contributed by atoms with Gasteiger partial charge in [-0.25, -0.2) is 9.59 Å². The van der Waals surface area contributed by atoms with Gasteiger partial charge in [0.2, 0.25) is 0 Å². The molecule has 106 valence electrons. The van der Waals surface area contributed by atoms with Gasteiger partial charge in [0.15, 0.2) is 0 Å². The minimum absolute atomic E-state index is 0.0420. The zero-order valence-corrected chi connectivity index (χ0v) is 11.9. The Morgan fingerprint density at radius 1 is 1.39 bits per heavy atom. The van der Waals surface area contributed by atoms with Crippen LogP contribution in [-0.2, 0) is 4.79 Å². The molecule has 2 unspecified atom stereocenters. The number of carboxylic acids is 1. The van der Waals surface area contributed by atoms with Gasteiger partial charge in [-0.3, -0.25) is 0 Å². The summed E-state index contributed by atoms with van der Waals surface area (Å²) >= 11 is 0. The number of nitrogens with zero attached hydrogens (tertiary/aromatic N) is 1. The molecule has 0 rings (SSSR count). The quantitative estimate of drug-likeness (QED) is 0.634. The Bertz CT molecular complexity index is 294. The Balaban J connectivity index is 4.39. The number of hydrogen-bond acceptors (Lipinski definition) is 3. The van der Waals surface area contributed by atoms with Gasteiger partial charge in [-0.1, -0.05) is 13.3 Å². The van der Waals surface area contributed by atoms with Crippen LogP contribution in [0, 0.1) is 0 Å². The van der Waals surface area contributed by atoms with E-state index in [0.717, 1.165) is 0 Å². The number of carbonyl (C=O) groups is 2. The van der Waals surface area contributed by atoms with Crippen LogP contribution < -0.4 is 10.6 Å². The Labute approximate surface area is 109 Å². The highest BCUT2D eigenvalue weighted by Crippen LogP contribution is 2.12. The van der Waals surface area contributed by atoms with Crippen molar-refractivity contribution in [2.24, 2.45) is 0 Å². The Hall–Kier alpha value is -1.30. The molecule has 0 aromatic carbocycles. The fraction of sp³-hybridized carbons (Fsp3) is 0.833. The first-order valence-corrected chi connectivity index (χ1v) is 6.18. The SMILES string of the molecule is CCCC(C)(NC(=O)NC(C)CN(C)C)C(=O)O. The first kappa shape index (κ1) is 16.7.